The number of para-hydroxylation sites is 1. The number of anilines is 1. The standard InChI is InChI=1S/C22H19NO5/c1-27-20(25)16-10-8-15(9-11-16)14-18-19(24)23(17-6-3-2-4-7-17)21(26)22(18)12-5-13-28-22/h2-4,6-11,14H,5,12-13H2,1H3/b18-14-. The van der Waals surface area contributed by atoms with E-state index in [9.17, 15) is 14.4 Å². The Balaban J connectivity index is 1.76. The van der Waals surface area contributed by atoms with Gasteiger partial charge in [0.1, 0.15) is 0 Å². The van der Waals surface area contributed by atoms with Crippen LogP contribution in [0.4, 0.5) is 5.69 Å². The molecule has 0 aliphatic carbocycles. The van der Waals surface area contributed by atoms with E-state index in [1.54, 1.807) is 54.6 Å². The van der Waals surface area contributed by atoms with Crippen molar-refractivity contribution in [2.24, 2.45) is 0 Å². The van der Waals surface area contributed by atoms with E-state index in [1.807, 2.05) is 6.07 Å². The Morgan fingerprint density at radius 2 is 1.82 bits per heavy atom. The highest BCUT2D eigenvalue weighted by atomic mass is 16.5. The third kappa shape index (κ3) is 2.82. The molecule has 1 spiro atoms. The third-order valence-electron chi connectivity index (χ3n) is 5.10. The van der Waals surface area contributed by atoms with Crippen molar-refractivity contribution in [3.63, 3.8) is 0 Å². The van der Waals surface area contributed by atoms with Gasteiger partial charge in [-0.25, -0.2) is 9.69 Å². The van der Waals surface area contributed by atoms with Crippen LogP contribution in [0.3, 0.4) is 0 Å². The van der Waals surface area contributed by atoms with Crippen LogP contribution >= 0.6 is 0 Å². The molecule has 4 rings (SSSR count). The molecule has 2 aromatic rings. The maximum atomic E-state index is 13.2. The lowest BCUT2D eigenvalue weighted by Gasteiger charge is -2.21. The molecule has 1 unspecified atom stereocenters. The number of ether oxygens (including phenoxy) is 2. The molecular weight excluding hydrogens is 358 g/mol. The van der Waals surface area contributed by atoms with Crippen molar-refractivity contribution in [1.82, 2.24) is 0 Å². The Bertz CT molecular complexity index is 956. The first kappa shape index (κ1) is 18.1. The van der Waals surface area contributed by atoms with Gasteiger partial charge in [-0.15, -0.1) is 0 Å². The van der Waals surface area contributed by atoms with E-state index in [-0.39, 0.29) is 11.8 Å². The van der Waals surface area contributed by atoms with E-state index in [1.165, 1.54) is 12.0 Å². The monoisotopic (exact) mass is 377 g/mol. The summed E-state index contributed by atoms with van der Waals surface area (Å²) in [7, 11) is 1.32. The molecule has 0 radical (unpaired) electrons. The number of hydrogen-bond acceptors (Lipinski definition) is 5. The van der Waals surface area contributed by atoms with Crippen LogP contribution in [0.1, 0.15) is 28.8 Å². The smallest absolute Gasteiger partial charge is 0.337 e. The molecule has 2 heterocycles. The van der Waals surface area contributed by atoms with E-state index in [2.05, 4.69) is 0 Å². The molecule has 2 saturated heterocycles. The number of methoxy groups -OCH3 is 1. The van der Waals surface area contributed by atoms with Gasteiger partial charge in [0.25, 0.3) is 11.8 Å². The van der Waals surface area contributed by atoms with E-state index >= 15 is 0 Å². The number of amides is 2. The van der Waals surface area contributed by atoms with Gasteiger partial charge in [0.15, 0.2) is 5.60 Å². The zero-order valence-corrected chi connectivity index (χ0v) is 15.4. The summed E-state index contributed by atoms with van der Waals surface area (Å²) in [6.07, 6.45) is 2.85. The molecule has 6 nitrogen and oxygen atoms in total. The average molecular weight is 377 g/mol. The predicted octanol–water partition coefficient (Wildman–Crippen LogP) is 2.98. The van der Waals surface area contributed by atoms with Gasteiger partial charge in [-0.2, -0.15) is 0 Å². The summed E-state index contributed by atoms with van der Waals surface area (Å²) in [5.41, 5.74) is 0.722. The average Bonchev–Trinajstić information content (AvgIpc) is 3.29. The highest BCUT2D eigenvalue weighted by Crippen LogP contribution is 2.43. The van der Waals surface area contributed by atoms with E-state index in [0.717, 1.165) is 0 Å². The summed E-state index contributed by atoms with van der Waals surface area (Å²) in [6, 6.07) is 15.5. The van der Waals surface area contributed by atoms with Gasteiger partial charge in [-0.1, -0.05) is 30.3 Å². The van der Waals surface area contributed by atoms with Crippen LogP contribution < -0.4 is 4.90 Å². The summed E-state index contributed by atoms with van der Waals surface area (Å²) >= 11 is 0. The Morgan fingerprint density at radius 1 is 1.11 bits per heavy atom. The minimum atomic E-state index is -1.24. The van der Waals surface area contributed by atoms with E-state index in [0.29, 0.717) is 41.8 Å². The quantitative estimate of drug-likeness (QED) is 0.467. The second-order valence-electron chi connectivity index (χ2n) is 6.73. The minimum Gasteiger partial charge on any atom is -0.465 e. The fraction of sp³-hybridized carbons (Fsp3) is 0.227. The molecule has 2 aromatic carbocycles. The fourth-order valence-electron chi connectivity index (χ4n) is 3.69. The summed E-state index contributed by atoms with van der Waals surface area (Å²) in [6.45, 7) is 0.431. The number of carbonyl (C=O) groups excluding carboxylic acids is 3. The van der Waals surface area contributed by atoms with E-state index < -0.39 is 11.6 Å². The third-order valence-corrected chi connectivity index (χ3v) is 5.10. The lowest BCUT2D eigenvalue weighted by atomic mass is 9.91. The minimum absolute atomic E-state index is 0.324. The number of benzene rings is 2. The number of imide groups is 1. The van der Waals surface area contributed by atoms with Crippen molar-refractivity contribution in [2.75, 3.05) is 18.6 Å². The Morgan fingerprint density at radius 3 is 2.43 bits per heavy atom. The van der Waals surface area contributed by atoms with Crippen molar-refractivity contribution in [3.05, 3.63) is 71.3 Å². The molecule has 0 N–H and O–H groups in total. The number of nitrogens with zero attached hydrogens (tertiary/aromatic N) is 1. The number of rotatable bonds is 3. The molecule has 0 saturated carbocycles. The molecule has 6 heteroatoms. The number of hydrogen-bond donors (Lipinski definition) is 0. The second kappa shape index (κ2) is 7.05. The zero-order chi connectivity index (χ0) is 19.7. The topological polar surface area (TPSA) is 72.9 Å². The van der Waals surface area contributed by atoms with Crippen molar-refractivity contribution in [1.29, 1.82) is 0 Å². The van der Waals surface area contributed by atoms with Gasteiger partial charge < -0.3 is 9.47 Å². The number of carbonyl (C=O) groups is 3. The predicted molar refractivity (Wildman–Crippen MR) is 103 cm³/mol. The molecule has 2 fully saturated rings. The van der Waals surface area contributed by atoms with Crippen LogP contribution in [-0.4, -0.2) is 37.1 Å². The fourth-order valence-corrected chi connectivity index (χ4v) is 3.69. The lowest BCUT2D eigenvalue weighted by Crippen LogP contribution is -2.40. The van der Waals surface area contributed by atoms with Gasteiger partial charge in [-0.05, 0) is 48.7 Å². The van der Waals surface area contributed by atoms with Gasteiger partial charge in [-0.3, -0.25) is 9.59 Å². The lowest BCUT2D eigenvalue weighted by molar-refractivity contribution is -0.131. The SMILES string of the molecule is COC(=O)c1ccc(/C=C2/C(=O)N(c3ccccc3)C(=O)C23CCCO3)cc1. The zero-order valence-electron chi connectivity index (χ0n) is 15.4. The van der Waals surface area contributed by atoms with E-state index in [4.69, 9.17) is 9.47 Å². The molecule has 142 valence electrons. The molecule has 2 aliphatic heterocycles. The van der Waals surface area contributed by atoms with Crippen LogP contribution in [0.5, 0.6) is 0 Å². The summed E-state index contributed by atoms with van der Waals surface area (Å²) in [5, 5.41) is 0. The highest BCUT2D eigenvalue weighted by molar-refractivity contribution is 6.34. The summed E-state index contributed by atoms with van der Waals surface area (Å²) < 4.78 is 10.5. The first-order valence-corrected chi connectivity index (χ1v) is 9.05. The molecule has 0 aromatic heterocycles. The molecule has 2 amide bonds. The van der Waals surface area contributed by atoms with Crippen LogP contribution in [0.25, 0.3) is 6.08 Å². The van der Waals surface area contributed by atoms with Gasteiger partial charge in [0.2, 0.25) is 0 Å². The molecule has 1 atom stereocenters. The maximum Gasteiger partial charge on any atom is 0.337 e. The molecule has 0 bridgehead atoms. The van der Waals surface area contributed by atoms with Crippen LogP contribution in [0.2, 0.25) is 0 Å². The van der Waals surface area contributed by atoms with Crippen LogP contribution in [0, 0.1) is 0 Å². The van der Waals surface area contributed by atoms with Gasteiger partial charge in [0.05, 0.1) is 23.9 Å². The first-order valence-electron chi connectivity index (χ1n) is 9.05. The molecule has 28 heavy (non-hydrogen) atoms. The van der Waals surface area contributed by atoms with Gasteiger partial charge >= 0.3 is 5.97 Å². The van der Waals surface area contributed by atoms with Crippen molar-refractivity contribution in [3.8, 4) is 0 Å². The normalized spacial score (nSPS) is 23.0. The van der Waals surface area contributed by atoms with Crippen molar-refractivity contribution < 1.29 is 23.9 Å². The molecule has 2 aliphatic rings. The summed E-state index contributed by atoms with van der Waals surface area (Å²) in [5.74, 6) is -1.16. The number of esters is 1. The van der Waals surface area contributed by atoms with Crippen LogP contribution in [0.15, 0.2) is 60.2 Å². The highest BCUT2D eigenvalue weighted by Gasteiger charge is 2.58. The van der Waals surface area contributed by atoms with Gasteiger partial charge in [0, 0.05) is 6.61 Å². The Hall–Kier alpha value is -3.25. The second-order valence-corrected chi connectivity index (χ2v) is 6.73. The maximum absolute atomic E-state index is 13.2. The van der Waals surface area contributed by atoms with Crippen LogP contribution in [-0.2, 0) is 19.1 Å². The summed E-state index contributed by atoms with van der Waals surface area (Å²) in [4.78, 5) is 39.2. The largest absolute Gasteiger partial charge is 0.465 e. The Kier molecular flexibility index (Phi) is 4.57. The molecular formula is C22H19NO5. The van der Waals surface area contributed by atoms with Crippen molar-refractivity contribution >= 4 is 29.5 Å². The first-order chi connectivity index (χ1) is 13.6. The van der Waals surface area contributed by atoms with Crippen molar-refractivity contribution in [2.45, 2.75) is 18.4 Å². The Labute approximate surface area is 162 Å².